The average Bonchev–Trinajstić information content (AvgIpc) is 3.57. The Hall–Kier alpha value is -2.21. The number of fused-ring (bicyclic) bond motifs is 10. The Labute approximate surface area is 306 Å². The summed E-state index contributed by atoms with van der Waals surface area (Å²) in [5.74, 6) is 6.04. The molecule has 0 radical (unpaired) electrons. The molecule has 0 saturated heterocycles. The molecule has 8 unspecified atom stereocenters. The molecule has 0 aromatic carbocycles. The first-order chi connectivity index (χ1) is 24.2. The predicted octanol–water partition coefficient (Wildman–Crippen LogP) is 8.77. The van der Waals surface area contributed by atoms with Crippen LogP contribution < -0.4 is 0 Å². The number of carbonyl (C=O) groups excluding carboxylic acids is 5. The topological polar surface area (TPSA) is 106 Å². The van der Waals surface area contributed by atoms with Crippen LogP contribution in [0.2, 0.25) is 0 Å². The maximum atomic E-state index is 12.7. The lowest BCUT2D eigenvalue weighted by Crippen LogP contribution is -2.53. The number of Topliss-reactive ketones (excluding diaryl/α,β-unsaturated/α-hetero) is 3. The van der Waals surface area contributed by atoms with Gasteiger partial charge in [-0.05, 0) is 161 Å². The third-order valence-electron chi connectivity index (χ3n) is 17.3. The third kappa shape index (κ3) is 6.04. The van der Waals surface area contributed by atoms with E-state index >= 15 is 0 Å². The van der Waals surface area contributed by atoms with Gasteiger partial charge in [-0.2, -0.15) is 0 Å². The number of aliphatic hydroxyl groups excluding tert-OH is 1. The van der Waals surface area contributed by atoms with Gasteiger partial charge in [-0.3, -0.25) is 19.2 Å². The Morgan fingerprint density at radius 2 is 1.06 bits per heavy atom. The zero-order valence-electron chi connectivity index (χ0n) is 32.2. The van der Waals surface area contributed by atoms with E-state index in [1.807, 2.05) is 12.2 Å². The van der Waals surface area contributed by atoms with Gasteiger partial charge in [0.25, 0.3) is 0 Å². The van der Waals surface area contributed by atoms with Crippen molar-refractivity contribution >= 4 is 28.9 Å². The highest BCUT2D eigenvalue weighted by Crippen LogP contribution is 2.68. The molecule has 51 heavy (non-hydrogen) atoms. The van der Waals surface area contributed by atoms with Crippen molar-refractivity contribution in [2.45, 2.75) is 150 Å². The van der Waals surface area contributed by atoms with E-state index < -0.39 is 0 Å². The number of ketones is 5. The molecule has 6 heteroatoms. The van der Waals surface area contributed by atoms with Crippen molar-refractivity contribution < 1.29 is 29.1 Å². The van der Waals surface area contributed by atoms with Gasteiger partial charge >= 0.3 is 0 Å². The van der Waals surface area contributed by atoms with E-state index in [4.69, 9.17) is 0 Å². The summed E-state index contributed by atoms with van der Waals surface area (Å²) in [6.07, 6.45) is 20.4. The van der Waals surface area contributed by atoms with Crippen LogP contribution in [0, 0.1) is 69.0 Å². The molecular formula is C45H64O6. The lowest BCUT2D eigenvalue weighted by Gasteiger charge is -2.59. The van der Waals surface area contributed by atoms with Crippen molar-refractivity contribution in [1.82, 2.24) is 0 Å². The highest BCUT2D eigenvalue weighted by atomic mass is 16.3. The molecule has 0 heterocycles. The molecule has 1 N–H and O–H groups in total. The van der Waals surface area contributed by atoms with Gasteiger partial charge in [0, 0.05) is 49.5 Å². The number of allylic oxidation sites excluding steroid dienone is 2. The van der Waals surface area contributed by atoms with Gasteiger partial charge in [0.05, 0.1) is 0 Å². The minimum absolute atomic E-state index is 0.110. The average molecular weight is 701 g/mol. The van der Waals surface area contributed by atoms with Gasteiger partial charge in [0.15, 0.2) is 11.6 Å². The first-order valence-electron chi connectivity index (χ1n) is 20.8. The van der Waals surface area contributed by atoms with Crippen LogP contribution in [0.4, 0.5) is 0 Å². The van der Waals surface area contributed by atoms with Crippen LogP contribution in [-0.4, -0.2) is 40.6 Å². The molecule has 8 rings (SSSR count). The van der Waals surface area contributed by atoms with Crippen LogP contribution in [0.3, 0.4) is 0 Å². The summed E-state index contributed by atoms with van der Waals surface area (Å²) in [7, 11) is 0. The molecule has 6 saturated carbocycles. The number of hydrogen-bond acceptors (Lipinski definition) is 6. The number of carbonyl (C=O) groups is 5. The Balaban J connectivity index is 0.000000159. The molecular weight excluding hydrogens is 636 g/mol. The lowest BCUT2D eigenvalue weighted by molar-refractivity contribution is -0.136. The molecule has 0 spiro atoms. The van der Waals surface area contributed by atoms with Gasteiger partial charge in [-0.25, -0.2) is 0 Å². The summed E-state index contributed by atoms with van der Waals surface area (Å²) in [5, 5.41) is 9.38. The molecule has 12 atom stereocenters. The van der Waals surface area contributed by atoms with Gasteiger partial charge in [0.2, 0.25) is 0 Å². The van der Waals surface area contributed by atoms with Crippen LogP contribution in [0.15, 0.2) is 23.3 Å². The minimum Gasteiger partial charge on any atom is -0.396 e. The van der Waals surface area contributed by atoms with E-state index in [-0.39, 0.29) is 39.8 Å². The fourth-order valence-electron chi connectivity index (χ4n) is 14.3. The van der Waals surface area contributed by atoms with Crippen molar-refractivity contribution in [3.63, 3.8) is 0 Å². The number of aliphatic hydroxyl groups is 1. The smallest absolute Gasteiger partial charge is 0.155 e. The fraction of sp³-hybridized carbons (Fsp3) is 0.800. The second-order valence-corrected chi connectivity index (χ2v) is 19.6. The molecule has 280 valence electrons. The van der Waals surface area contributed by atoms with Gasteiger partial charge in [-0.1, -0.05) is 38.8 Å². The largest absolute Gasteiger partial charge is 0.396 e. The molecule has 6 nitrogen and oxygen atoms in total. The highest BCUT2D eigenvalue weighted by molar-refractivity contribution is 5.92. The van der Waals surface area contributed by atoms with Crippen molar-refractivity contribution in [3.8, 4) is 0 Å². The summed E-state index contributed by atoms with van der Waals surface area (Å²) in [5.41, 5.74) is 2.75. The maximum absolute atomic E-state index is 12.7. The number of hydrogen-bond donors (Lipinski definition) is 1. The van der Waals surface area contributed by atoms with Gasteiger partial charge in [0.1, 0.15) is 17.3 Å². The zero-order valence-corrected chi connectivity index (χ0v) is 32.2. The first kappa shape index (κ1) is 37.1. The first-order valence-corrected chi connectivity index (χ1v) is 20.8. The van der Waals surface area contributed by atoms with Crippen LogP contribution in [0.5, 0.6) is 0 Å². The monoisotopic (exact) mass is 700 g/mol. The van der Waals surface area contributed by atoms with E-state index in [0.717, 1.165) is 96.3 Å². The SMILES string of the molecule is CC(=O)CCC1CC2=CC(=O)CC[C@]2(C)C2CC[C@]3(C)C(=O)CCC3C12.C[C@]12CCC(=O)C=C1CC(CCCO)C1C2CC[C@]2(C)C(=O)CCC12. The Bertz CT molecular complexity index is 1540. The van der Waals surface area contributed by atoms with Crippen LogP contribution in [0.25, 0.3) is 0 Å². The molecule has 6 fully saturated rings. The van der Waals surface area contributed by atoms with Crippen molar-refractivity contribution in [3.05, 3.63) is 23.3 Å². The molecule has 0 aliphatic heterocycles. The minimum atomic E-state index is -0.141. The summed E-state index contributed by atoms with van der Waals surface area (Å²) in [6, 6.07) is 0. The molecule has 0 aromatic heterocycles. The second-order valence-electron chi connectivity index (χ2n) is 19.6. The lowest BCUT2D eigenvalue weighted by atomic mass is 9.44. The van der Waals surface area contributed by atoms with Gasteiger partial charge in [-0.15, -0.1) is 0 Å². The maximum Gasteiger partial charge on any atom is 0.155 e. The van der Waals surface area contributed by atoms with E-state index in [2.05, 4.69) is 27.7 Å². The predicted molar refractivity (Wildman–Crippen MR) is 197 cm³/mol. The Morgan fingerprint density at radius 1 is 0.627 bits per heavy atom. The summed E-state index contributed by atoms with van der Waals surface area (Å²) in [4.78, 5) is 61.1. The van der Waals surface area contributed by atoms with Crippen molar-refractivity contribution in [2.24, 2.45) is 69.0 Å². The highest BCUT2D eigenvalue weighted by Gasteiger charge is 2.62. The van der Waals surface area contributed by atoms with Crippen molar-refractivity contribution in [1.29, 1.82) is 0 Å². The molecule has 8 aliphatic rings. The summed E-state index contributed by atoms with van der Waals surface area (Å²) < 4.78 is 0. The summed E-state index contributed by atoms with van der Waals surface area (Å²) >= 11 is 0. The van der Waals surface area contributed by atoms with E-state index in [1.165, 1.54) is 11.1 Å². The molecule has 0 amide bonds. The zero-order chi connectivity index (χ0) is 36.5. The van der Waals surface area contributed by atoms with E-state index in [0.29, 0.717) is 84.0 Å². The van der Waals surface area contributed by atoms with E-state index in [1.54, 1.807) is 6.92 Å². The number of rotatable bonds is 6. The van der Waals surface area contributed by atoms with Crippen LogP contribution in [-0.2, 0) is 24.0 Å². The third-order valence-corrected chi connectivity index (χ3v) is 17.3. The summed E-state index contributed by atoms with van der Waals surface area (Å²) in [6.45, 7) is 11.1. The molecule has 0 aromatic rings. The van der Waals surface area contributed by atoms with Crippen LogP contribution in [0.1, 0.15) is 150 Å². The quantitative estimate of drug-likeness (QED) is 0.297. The molecule has 0 bridgehead atoms. The Morgan fingerprint density at radius 3 is 1.49 bits per heavy atom. The molecule has 8 aliphatic carbocycles. The normalized spacial score (nSPS) is 45.5. The standard InChI is InChI=1S/C23H32O3.C22H32O3/c1-14(24)4-5-15-12-16-13-17(25)8-10-22(16,2)19-9-11-23(3)18(21(15)19)6-7-20(23)26;1-21-9-7-16(24)13-15(21)12-14(4-3-11-23)20-17-5-6-19(25)22(17,2)10-8-18(20)21/h13,15,18-19,21H,4-12H2,1-3H3;13-14,17-18,20,23H,3-12H2,1-2H3/t15?,18?,19?,21?,22-,23-;14?,17?,18?,20?,21-,22-/m00/s1. The van der Waals surface area contributed by atoms with Crippen LogP contribution >= 0.6 is 0 Å². The Kier molecular flexibility index (Phi) is 9.88. The van der Waals surface area contributed by atoms with E-state index in [9.17, 15) is 29.1 Å². The van der Waals surface area contributed by atoms with Gasteiger partial charge < -0.3 is 9.90 Å². The van der Waals surface area contributed by atoms with Crippen molar-refractivity contribution in [2.75, 3.05) is 6.61 Å². The second kappa shape index (κ2) is 13.6. The fourth-order valence-corrected chi connectivity index (χ4v) is 14.3.